The minimum Gasteiger partial charge on any atom is -0.810 e. The Morgan fingerprint density at radius 3 is 2.36 bits per heavy atom. The summed E-state index contributed by atoms with van der Waals surface area (Å²) in [6, 6.07) is 13.3. The monoisotopic (exact) mass is 568 g/mol. The van der Waals surface area contributed by atoms with Crippen LogP contribution in [0, 0.1) is 0 Å². The van der Waals surface area contributed by atoms with Crippen LogP contribution in [-0.2, 0) is 20.0 Å². The third-order valence-electron chi connectivity index (χ3n) is 6.59. The fourth-order valence-electron chi connectivity index (χ4n) is 4.47. The van der Waals surface area contributed by atoms with E-state index < -0.39 is 28.8 Å². The van der Waals surface area contributed by atoms with Crippen molar-refractivity contribution in [2.75, 3.05) is 5.75 Å². The van der Waals surface area contributed by atoms with E-state index in [4.69, 9.17) is 0 Å². The van der Waals surface area contributed by atoms with Gasteiger partial charge in [-0.25, -0.2) is 18.1 Å². The minimum atomic E-state index is -5.38. The highest BCUT2D eigenvalue weighted by Crippen LogP contribution is 2.48. The van der Waals surface area contributed by atoms with Crippen molar-refractivity contribution in [3.63, 3.8) is 0 Å². The smallest absolute Gasteiger partial charge is 0.241 e. The van der Waals surface area contributed by atoms with E-state index in [1.165, 1.54) is 42.7 Å². The van der Waals surface area contributed by atoms with Gasteiger partial charge in [-0.15, -0.1) is 11.3 Å². The van der Waals surface area contributed by atoms with Crippen LogP contribution >= 0.6 is 30.7 Å². The molecule has 198 valence electrons. The maximum absolute atomic E-state index is 13.4. The van der Waals surface area contributed by atoms with Gasteiger partial charge in [-0.05, 0) is 50.6 Å². The number of nitrogens with zero attached hydrogens (tertiary/aromatic N) is 1. The number of thioether (sulfide) groups is 1. The quantitative estimate of drug-likeness (QED) is 0.160. The van der Waals surface area contributed by atoms with E-state index in [0.29, 0.717) is 15.8 Å². The van der Waals surface area contributed by atoms with Gasteiger partial charge < -0.3 is 14.4 Å². The molecule has 2 aromatic carbocycles. The van der Waals surface area contributed by atoms with Crippen LogP contribution in [0.5, 0.6) is 0 Å². The Balaban J connectivity index is 1.91. The van der Waals surface area contributed by atoms with Crippen LogP contribution in [-0.4, -0.2) is 24.9 Å². The fourth-order valence-corrected chi connectivity index (χ4v) is 9.95. The number of sulfonamides is 1. The van der Waals surface area contributed by atoms with Gasteiger partial charge in [0.1, 0.15) is 0 Å². The van der Waals surface area contributed by atoms with Crippen molar-refractivity contribution in [2.45, 2.75) is 79.7 Å². The number of unbranched alkanes of at least 4 members (excludes halogenated alkanes) is 3. The molecule has 0 aliphatic carbocycles. The van der Waals surface area contributed by atoms with Crippen molar-refractivity contribution in [2.24, 2.45) is 0 Å². The van der Waals surface area contributed by atoms with Crippen LogP contribution in [0.2, 0.25) is 0 Å². The molecule has 0 spiro atoms. The zero-order valence-corrected chi connectivity index (χ0v) is 24.2. The van der Waals surface area contributed by atoms with Crippen molar-refractivity contribution in [1.82, 2.24) is 9.71 Å². The van der Waals surface area contributed by atoms with Gasteiger partial charge in [-0.2, -0.15) is 0 Å². The van der Waals surface area contributed by atoms with E-state index in [9.17, 15) is 22.8 Å². The lowest BCUT2D eigenvalue weighted by molar-refractivity contribution is -0.318. The molecule has 0 saturated heterocycles. The Morgan fingerprint density at radius 2 is 1.75 bits per heavy atom. The Kier molecular flexibility index (Phi) is 10.2. The molecule has 0 bridgehead atoms. The Morgan fingerprint density at radius 1 is 1.06 bits per heavy atom. The molecule has 0 saturated carbocycles. The zero-order chi connectivity index (χ0) is 26.4. The van der Waals surface area contributed by atoms with Crippen LogP contribution in [0.3, 0.4) is 0 Å². The van der Waals surface area contributed by atoms with Crippen LogP contribution < -0.4 is 14.5 Å². The summed E-state index contributed by atoms with van der Waals surface area (Å²) in [5, 5.41) is 0. The molecule has 11 heteroatoms. The van der Waals surface area contributed by atoms with E-state index in [0.717, 1.165) is 16.5 Å². The number of hydrogen-bond acceptors (Lipinski definition) is 8. The molecule has 3 rings (SSSR count). The summed E-state index contributed by atoms with van der Waals surface area (Å²) < 4.78 is 43.1. The average molecular weight is 569 g/mol. The summed E-state index contributed by atoms with van der Waals surface area (Å²) in [6.45, 7) is 5.69. The van der Waals surface area contributed by atoms with Crippen molar-refractivity contribution >= 4 is 50.9 Å². The third kappa shape index (κ3) is 6.78. The van der Waals surface area contributed by atoms with Gasteiger partial charge in [0.05, 0.1) is 20.9 Å². The predicted molar refractivity (Wildman–Crippen MR) is 145 cm³/mol. The molecule has 1 unspecified atom stereocenters. The normalized spacial score (nSPS) is 13.8. The number of fused-ring (bicyclic) bond motifs is 1. The highest BCUT2D eigenvalue weighted by molar-refractivity contribution is 8.01. The van der Waals surface area contributed by atoms with Gasteiger partial charge in [-0.3, -0.25) is 0 Å². The van der Waals surface area contributed by atoms with Gasteiger partial charge in [0.15, 0.2) is 4.34 Å². The number of benzene rings is 2. The Hall–Kier alpha value is -1.26. The highest BCUT2D eigenvalue weighted by atomic mass is 32.2. The molecule has 0 radical (unpaired) electrons. The molecule has 7 nitrogen and oxygen atoms in total. The van der Waals surface area contributed by atoms with Crippen molar-refractivity contribution in [3.05, 3.63) is 54.1 Å². The van der Waals surface area contributed by atoms with Gasteiger partial charge in [0.2, 0.25) is 10.0 Å². The molecule has 1 aromatic heterocycles. The topological polar surface area (TPSA) is 122 Å². The fraction of sp³-hybridized carbons (Fsp3) is 0.480. The first kappa shape index (κ1) is 29.3. The van der Waals surface area contributed by atoms with E-state index in [-0.39, 0.29) is 17.7 Å². The molecule has 1 N–H and O–H groups in total. The third-order valence-corrected chi connectivity index (χ3v) is 11.7. The molecule has 36 heavy (non-hydrogen) atoms. The lowest BCUT2D eigenvalue weighted by atomic mass is 9.75. The summed E-state index contributed by atoms with van der Waals surface area (Å²) in [5.74, 6) is -0.884. The number of nitrogens with one attached hydrogen (secondary N) is 1. The van der Waals surface area contributed by atoms with Crippen LogP contribution in [0.15, 0.2) is 57.8 Å². The predicted octanol–water partition coefficient (Wildman–Crippen LogP) is 5.24. The van der Waals surface area contributed by atoms with Crippen LogP contribution in [0.1, 0.15) is 64.9 Å². The maximum Gasteiger partial charge on any atom is 0.241 e. The molecular formula is C25H33N2O5PS3-2. The van der Waals surface area contributed by atoms with Gasteiger partial charge in [-0.1, -0.05) is 82.1 Å². The van der Waals surface area contributed by atoms with E-state index in [1.54, 1.807) is 62.0 Å². The van der Waals surface area contributed by atoms with Gasteiger partial charge >= 0.3 is 0 Å². The molecule has 0 aliphatic heterocycles. The van der Waals surface area contributed by atoms with Crippen LogP contribution in [0.25, 0.3) is 10.2 Å². The molecular weight excluding hydrogens is 535 g/mol. The standard InChI is InChI=1S/C25H35N2O5PS3/c1-4-7-8-12-17-34-24-26-21-16-15-20(18-22(21)35-24)36(31,32)27-23(33(28,29)30)25(5-2,6-3)19-13-10-9-11-14-19/h9-11,13-16,18,23,27H,4-8,12,17H2,1-3H3,(H2,28,29,30)/p-2. The Bertz CT molecular complexity index is 1290. The zero-order valence-electron chi connectivity index (χ0n) is 20.8. The summed E-state index contributed by atoms with van der Waals surface area (Å²) in [7, 11) is -9.69. The first-order valence-electron chi connectivity index (χ1n) is 12.2. The molecule has 0 aliphatic rings. The van der Waals surface area contributed by atoms with Crippen molar-refractivity contribution in [3.8, 4) is 0 Å². The largest absolute Gasteiger partial charge is 0.810 e. The molecule has 0 amide bonds. The highest BCUT2D eigenvalue weighted by Gasteiger charge is 2.42. The molecule has 1 heterocycles. The van der Waals surface area contributed by atoms with Gasteiger partial charge in [0, 0.05) is 11.2 Å². The average Bonchev–Trinajstić information content (AvgIpc) is 3.26. The lowest BCUT2D eigenvalue weighted by Gasteiger charge is -2.50. The second-order valence-corrected chi connectivity index (χ2v) is 14.5. The van der Waals surface area contributed by atoms with Crippen LogP contribution in [0.4, 0.5) is 0 Å². The second kappa shape index (κ2) is 12.5. The first-order chi connectivity index (χ1) is 17.1. The summed E-state index contributed by atoms with van der Waals surface area (Å²) in [6.07, 6.45) is 5.18. The number of aromatic nitrogens is 1. The van der Waals surface area contributed by atoms with Crippen molar-refractivity contribution in [1.29, 1.82) is 0 Å². The number of hydrogen-bond donors (Lipinski definition) is 1. The second-order valence-electron chi connectivity index (χ2n) is 8.81. The molecule has 0 fully saturated rings. The van der Waals surface area contributed by atoms with E-state index >= 15 is 0 Å². The maximum atomic E-state index is 13.4. The van der Waals surface area contributed by atoms with E-state index in [1.807, 2.05) is 0 Å². The van der Waals surface area contributed by atoms with Gasteiger partial charge in [0.25, 0.3) is 0 Å². The summed E-state index contributed by atoms with van der Waals surface area (Å²) >= 11 is 3.06. The minimum absolute atomic E-state index is 0.0919. The number of thiazole rings is 1. The van der Waals surface area contributed by atoms with Crippen molar-refractivity contribution < 1.29 is 22.8 Å². The Labute approximate surface area is 222 Å². The first-order valence-corrected chi connectivity index (χ1v) is 17.1. The summed E-state index contributed by atoms with van der Waals surface area (Å²) in [5.41, 5.74) is 0.0857. The molecule has 3 aromatic rings. The summed E-state index contributed by atoms with van der Waals surface area (Å²) in [4.78, 5) is 29.5. The number of rotatable bonds is 14. The van der Waals surface area contributed by atoms with E-state index in [2.05, 4.69) is 16.6 Å². The SMILES string of the molecule is CCCCCCSc1nc2ccc(S(=O)(=O)NC(C(CC)(CC)c3ccccc3)P(=O)([O-])[O-])cc2s1. The molecule has 1 atom stereocenters. The lowest BCUT2D eigenvalue weighted by Crippen LogP contribution is -2.53.